The van der Waals surface area contributed by atoms with Gasteiger partial charge < -0.3 is 20.2 Å². The summed E-state index contributed by atoms with van der Waals surface area (Å²) in [5.74, 6) is -0.645. The molecule has 0 aromatic carbocycles. The van der Waals surface area contributed by atoms with E-state index in [1.54, 1.807) is 0 Å². The van der Waals surface area contributed by atoms with E-state index < -0.39 is 5.97 Å². The number of furan rings is 1. The molecule has 0 saturated carbocycles. The maximum absolute atomic E-state index is 11.0. The van der Waals surface area contributed by atoms with Gasteiger partial charge in [-0.15, -0.1) is 0 Å². The Morgan fingerprint density at radius 1 is 1.50 bits per heavy atom. The van der Waals surface area contributed by atoms with Crippen molar-refractivity contribution in [2.45, 2.75) is 13.5 Å². The molecule has 0 saturated heterocycles. The predicted octanol–water partition coefficient (Wildman–Crippen LogP) is 0.203. The number of carboxylic acids is 1. The minimum atomic E-state index is -1.03. The smallest absolute Gasteiger partial charge is 0.338 e. The Hall–Kier alpha value is -1.82. The number of amides is 1. The van der Waals surface area contributed by atoms with Crippen LogP contribution < -0.4 is 10.6 Å². The van der Waals surface area contributed by atoms with E-state index in [9.17, 15) is 9.59 Å². The number of aromatic carboxylic acids is 1. The monoisotopic (exact) mass is 226 g/mol. The van der Waals surface area contributed by atoms with E-state index in [2.05, 4.69) is 10.6 Å². The highest BCUT2D eigenvalue weighted by Crippen LogP contribution is 2.06. The molecule has 0 spiro atoms. The fourth-order valence-corrected chi connectivity index (χ4v) is 1.14. The van der Waals surface area contributed by atoms with E-state index in [1.165, 1.54) is 12.3 Å². The van der Waals surface area contributed by atoms with E-state index in [-0.39, 0.29) is 18.0 Å². The minimum absolute atomic E-state index is 0.104. The molecule has 0 atom stereocenters. The van der Waals surface area contributed by atoms with Crippen LogP contribution in [0.25, 0.3) is 0 Å². The van der Waals surface area contributed by atoms with Crippen LogP contribution in [0.5, 0.6) is 0 Å². The maximum Gasteiger partial charge on any atom is 0.338 e. The zero-order valence-corrected chi connectivity index (χ0v) is 8.95. The molecule has 1 heterocycles. The molecule has 16 heavy (non-hydrogen) atoms. The second kappa shape index (κ2) is 5.92. The Morgan fingerprint density at radius 2 is 2.25 bits per heavy atom. The molecule has 1 rings (SSSR count). The summed E-state index contributed by atoms with van der Waals surface area (Å²) in [4.78, 5) is 21.6. The van der Waals surface area contributed by atoms with Gasteiger partial charge in [-0.05, 0) is 13.0 Å². The maximum atomic E-state index is 11.0. The SMILES string of the molecule is CCNC(=O)CNCc1cc(C(=O)O)co1. The molecule has 6 nitrogen and oxygen atoms in total. The summed E-state index contributed by atoms with van der Waals surface area (Å²) in [6.45, 7) is 2.93. The summed E-state index contributed by atoms with van der Waals surface area (Å²) in [5.41, 5.74) is 0.106. The summed E-state index contributed by atoms with van der Waals surface area (Å²) in [5, 5.41) is 14.1. The standard InChI is InChI=1S/C10H14N2O4/c1-2-12-9(13)5-11-4-8-3-7(6-16-8)10(14)15/h3,6,11H,2,4-5H2,1H3,(H,12,13)(H,14,15). The first-order chi connectivity index (χ1) is 7.63. The van der Waals surface area contributed by atoms with Gasteiger partial charge in [-0.2, -0.15) is 0 Å². The average Bonchev–Trinajstić information content (AvgIpc) is 2.67. The van der Waals surface area contributed by atoms with Gasteiger partial charge in [0.15, 0.2) is 0 Å². The number of likely N-dealkylation sites (N-methyl/N-ethyl adjacent to an activating group) is 1. The minimum Gasteiger partial charge on any atom is -0.478 e. The number of carbonyl (C=O) groups is 2. The molecule has 1 amide bonds. The van der Waals surface area contributed by atoms with Crippen LogP contribution in [0.2, 0.25) is 0 Å². The Balaban J connectivity index is 2.32. The average molecular weight is 226 g/mol. The highest BCUT2D eigenvalue weighted by Gasteiger charge is 2.08. The summed E-state index contributed by atoms with van der Waals surface area (Å²) in [6, 6.07) is 1.42. The molecule has 0 bridgehead atoms. The lowest BCUT2D eigenvalue weighted by Crippen LogP contribution is -2.33. The van der Waals surface area contributed by atoms with Crippen molar-refractivity contribution in [1.29, 1.82) is 0 Å². The first-order valence-corrected chi connectivity index (χ1v) is 4.91. The largest absolute Gasteiger partial charge is 0.478 e. The second-order valence-corrected chi connectivity index (χ2v) is 3.16. The fraction of sp³-hybridized carbons (Fsp3) is 0.400. The van der Waals surface area contributed by atoms with Crippen molar-refractivity contribution in [3.05, 3.63) is 23.7 Å². The van der Waals surface area contributed by atoms with Gasteiger partial charge >= 0.3 is 5.97 Å². The van der Waals surface area contributed by atoms with Crippen LogP contribution in [0.4, 0.5) is 0 Å². The van der Waals surface area contributed by atoms with E-state index >= 15 is 0 Å². The molecule has 3 N–H and O–H groups in total. The van der Waals surface area contributed by atoms with Gasteiger partial charge in [0, 0.05) is 6.54 Å². The van der Waals surface area contributed by atoms with Crippen LogP contribution in [0.15, 0.2) is 16.7 Å². The van der Waals surface area contributed by atoms with Crippen molar-refractivity contribution in [2.24, 2.45) is 0 Å². The predicted molar refractivity (Wildman–Crippen MR) is 56.1 cm³/mol. The molecule has 88 valence electrons. The highest BCUT2D eigenvalue weighted by molar-refractivity contribution is 5.87. The first kappa shape index (κ1) is 12.3. The quantitative estimate of drug-likeness (QED) is 0.644. The van der Waals surface area contributed by atoms with Crippen molar-refractivity contribution in [1.82, 2.24) is 10.6 Å². The highest BCUT2D eigenvalue weighted by atomic mass is 16.4. The molecule has 0 aliphatic carbocycles. The molecule has 0 aliphatic heterocycles. The number of hydrogen-bond acceptors (Lipinski definition) is 4. The topological polar surface area (TPSA) is 91.6 Å². The van der Waals surface area contributed by atoms with Crippen LogP contribution >= 0.6 is 0 Å². The van der Waals surface area contributed by atoms with Crippen molar-refractivity contribution < 1.29 is 19.1 Å². The van der Waals surface area contributed by atoms with E-state index in [4.69, 9.17) is 9.52 Å². The number of rotatable bonds is 6. The van der Waals surface area contributed by atoms with E-state index in [1.807, 2.05) is 6.92 Å². The zero-order valence-electron chi connectivity index (χ0n) is 8.95. The number of carboxylic acid groups (broad SMARTS) is 1. The summed E-state index contributed by atoms with van der Waals surface area (Å²) >= 11 is 0. The van der Waals surface area contributed by atoms with Gasteiger partial charge in [-0.3, -0.25) is 4.79 Å². The number of nitrogens with one attached hydrogen (secondary N) is 2. The second-order valence-electron chi connectivity index (χ2n) is 3.16. The Bertz CT molecular complexity index is 373. The van der Waals surface area contributed by atoms with Gasteiger partial charge in [0.05, 0.1) is 18.7 Å². The molecule has 0 unspecified atom stereocenters. The van der Waals surface area contributed by atoms with Crippen molar-refractivity contribution in [2.75, 3.05) is 13.1 Å². The molecule has 0 aliphatic rings. The lowest BCUT2D eigenvalue weighted by molar-refractivity contribution is -0.120. The lowest BCUT2D eigenvalue weighted by atomic mass is 10.3. The van der Waals surface area contributed by atoms with E-state index in [0.717, 1.165) is 0 Å². The van der Waals surface area contributed by atoms with Crippen LogP contribution in [0.3, 0.4) is 0 Å². The summed E-state index contributed by atoms with van der Waals surface area (Å²) < 4.78 is 4.99. The third-order valence-electron chi connectivity index (χ3n) is 1.86. The molecule has 0 radical (unpaired) electrons. The molecular weight excluding hydrogens is 212 g/mol. The van der Waals surface area contributed by atoms with Gasteiger partial charge in [0.2, 0.25) is 5.91 Å². The van der Waals surface area contributed by atoms with Crippen LogP contribution in [-0.4, -0.2) is 30.1 Å². The number of hydrogen-bond donors (Lipinski definition) is 3. The van der Waals surface area contributed by atoms with Crippen molar-refractivity contribution in [3.8, 4) is 0 Å². The lowest BCUT2D eigenvalue weighted by Gasteiger charge is -2.02. The number of carbonyl (C=O) groups excluding carboxylic acids is 1. The molecular formula is C10H14N2O4. The molecule has 1 aromatic rings. The Morgan fingerprint density at radius 3 is 2.81 bits per heavy atom. The summed E-state index contributed by atoms with van der Waals surface area (Å²) in [7, 11) is 0. The Kier molecular flexibility index (Phi) is 4.53. The fourth-order valence-electron chi connectivity index (χ4n) is 1.14. The Labute approximate surface area is 92.6 Å². The van der Waals surface area contributed by atoms with Gasteiger partial charge in [-0.25, -0.2) is 4.79 Å². The van der Waals surface area contributed by atoms with Gasteiger partial charge in [0.1, 0.15) is 12.0 Å². The van der Waals surface area contributed by atoms with Crippen LogP contribution in [-0.2, 0) is 11.3 Å². The normalized spacial score (nSPS) is 10.1. The first-order valence-electron chi connectivity index (χ1n) is 4.91. The van der Waals surface area contributed by atoms with Gasteiger partial charge in [0.25, 0.3) is 0 Å². The third-order valence-corrected chi connectivity index (χ3v) is 1.86. The van der Waals surface area contributed by atoms with Crippen LogP contribution in [0, 0.1) is 0 Å². The van der Waals surface area contributed by atoms with E-state index in [0.29, 0.717) is 18.8 Å². The molecule has 0 fully saturated rings. The molecule has 6 heteroatoms. The third kappa shape index (κ3) is 3.74. The van der Waals surface area contributed by atoms with Gasteiger partial charge in [-0.1, -0.05) is 0 Å². The van der Waals surface area contributed by atoms with Crippen molar-refractivity contribution in [3.63, 3.8) is 0 Å². The zero-order chi connectivity index (χ0) is 12.0. The molecule has 1 aromatic heterocycles. The summed E-state index contributed by atoms with van der Waals surface area (Å²) in [6.07, 6.45) is 1.17. The van der Waals surface area contributed by atoms with Crippen molar-refractivity contribution >= 4 is 11.9 Å². The van der Waals surface area contributed by atoms with Crippen LogP contribution in [0.1, 0.15) is 23.0 Å².